The summed E-state index contributed by atoms with van der Waals surface area (Å²) in [7, 11) is 1.47. The van der Waals surface area contributed by atoms with Gasteiger partial charge in [-0.15, -0.1) is 0 Å². The highest BCUT2D eigenvalue weighted by atomic mass is 16.6. The number of anilines is 2. The van der Waals surface area contributed by atoms with E-state index in [1.807, 2.05) is 0 Å². The molecule has 0 atom stereocenters. The van der Waals surface area contributed by atoms with Crippen LogP contribution in [0.25, 0.3) is 0 Å². The van der Waals surface area contributed by atoms with Crippen molar-refractivity contribution < 1.29 is 24.0 Å². The Hall–Kier alpha value is -3.69. The third-order valence-electron chi connectivity index (χ3n) is 3.67. The zero-order valence-corrected chi connectivity index (χ0v) is 13.9. The molecule has 2 amide bonds. The van der Waals surface area contributed by atoms with E-state index < -0.39 is 16.9 Å². The number of methoxy groups -OCH3 is 1. The molecule has 1 aromatic carbocycles. The van der Waals surface area contributed by atoms with Crippen LogP contribution in [0.15, 0.2) is 30.3 Å². The second-order valence-electron chi connectivity index (χ2n) is 5.40. The lowest BCUT2D eigenvalue weighted by Gasteiger charge is -2.28. The fourth-order valence-corrected chi connectivity index (χ4v) is 2.43. The van der Waals surface area contributed by atoms with Crippen molar-refractivity contribution in [3.05, 3.63) is 46.1 Å². The number of fused-ring (bicyclic) bond motifs is 1. The van der Waals surface area contributed by atoms with Crippen molar-refractivity contribution >= 4 is 29.2 Å². The maximum absolute atomic E-state index is 12.5. The number of hydrogen-bond donors (Lipinski definition) is 1. The molecular formula is C16H14N4O6. The molecule has 0 fully saturated rings. The number of amides is 2. The van der Waals surface area contributed by atoms with Gasteiger partial charge in [0.2, 0.25) is 5.91 Å². The summed E-state index contributed by atoms with van der Waals surface area (Å²) in [5.74, 6) is 0.397. The van der Waals surface area contributed by atoms with E-state index in [4.69, 9.17) is 9.47 Å². The van der Waals surface area contributed by atoms with E-state index in [0.717, 1.165) is 4.90 Å². The zero-order chi connectivity index (χ0) is 18.8. The average Bonchev–Trinajstić information content (AvgIpc) is 2.61. The van der Waals surface area contributed by atoms with Crippen LogP contribution in [0.5, 0.6) is 11.5 Å². The van der Waals surface area contributed by atoms with Gasteiger partial charge in [-0.05, 0) is 19.1 Å². The molecule has 1 aliphatic heterocycles. The summed E-state index contributed by atoms with van der Waals surface area (Å²) in [6.07, 6.45) is -0.827. The Labute approximate surface area is 147 Å². The van der Waals surface area contributed by atoms with E-state index in [-0.39, 0.29) is 23.8 Å². The first-order valence-corrected chi connectivity index (χ1v) is 7.48. The van der Waals surface area contributed by atoms with Gasteiger partial charge in [0.25, 0.3) is 5.69 Å². The summed E-state index contributed by atoms with van der Waals surface area (Å²) in [5, 5.41) is 13.3. The highest BCUT2D eigenvalue weighted by Crippen LogP contribution is 2.33. The van der Waals surface area contributed by atoms with Gasteiger partial charge in [-0.1, -0.05) is 0 Å². The number of rotatable bonds is 3. The standard InChI is InChI=1S/C16H14N4O6/c1-9-13(25-2)7-12-15(17-9)19(8-14(21)18-12)16(22)26-11-5-3-10(4-6-11)20(23)24/h3-7H,8H2,1-2H3,(H,18,21). The molecule has 1 aliphatic rings. The minimum atomic E-state index is -0.827. The molecule has 0 unspecified atom stereocenters. The van der Waals surface area contributed by atoms with E-state index >= 15 is 0 Å². The SMILES string of the molecule is COc1cc2c(nc1C)N(C(=O)Oc1ccc([N+](=O)[O-])cc1)CC(=O)N2. The summed E-state index contributed by atoms with van der Waals surface area (Å²) in [4.78, 5) is 39.9. The van der Waals surface area contributed by atoms with E-state index in [2.05, 4.69) is 10.3 Å². The van der Waals surface area contributed by atoms with Crippen molar-refractivity contribution in [2.24, 2.45) is 0 Å². The first kappa shape index (κ1) is 17.1. The van der Waals surface area contributed by atoms with Crippen LogP contribution in [0.1, 0.15) is 5.69 Å². The third-order valence-corrected chi connectivity index (χ3v) is 3.67. The minimum absolute atomic E-state index is 0.110. The smallest absolute Gasteiger partial charge is 0.421 e. The molecule has 10 nitrogen and oxygen atoms in total. The quantitative estimate of drug-likeness (QED) is 0.659. The summed E-state index contributed by atoms with van der Waals surface area (Å²) >= 11 is 0. The van der Waals surface area contributed by atoms with Crippen LogP contribution in [0.4, 0.5) is 22.0 Å². The molecule has 0 radical (unpaired) electrons. The van der Waals surface area contributed by atoms with Gasteiger partial charge in [0.15, 0.2) is 5.82 Å². The van der Waals surface area contributed by atoms with Gasteiger partial charge in [-0.25, -0.2) is 14.7 Å². The number of aromatic nitrogens is 1. The molecule has 2 aromatic rings. The van der Waals surface area contributed by atoms with Crippen molar-refractivity contribution in [2.45, 2.75) is 6.92 Å². The molecule has 0 bridgehead atoms. The third kappa shape index (κ3) is 3.24. The molecule has 10 heteroatoms. The second-order valence-corrected chi connectivity index (χ2v) is 5.40. The van der Waals surface area contributed by atoms with Crippen LogP contribution in [0, 0.1) is 17.0 Å². The van der Waals surface area contributed by atoms with Gasteiger partial charge in [0.05, 0.1) is 23.4 Å². The number of ether oxygens (including phenoxy) is 2. The van der Waals surface area contributed by atoms with E-state index in [1.165, 1.54) is 31.4 Å². The molecule has 134 valence electrons. The van der Waals surface area contributed by atoms with E-state index in [9.17, 15) is 19.7 Å². The first-order valence-electron chi connectivity index (χ1n) is 7.48. The van der Waals surface area contributed by atoms with Crippen molar-refractivity contribution in [3.8, 4) is 11.5 Å². The maximum Gasteiger partial charge on any atom is 0.421 e. The summed E-state index contributed by atoms with van der Waals surface area (Å²) < 4.78 is 10.4. The number of carbonyl (C=O) groups is 2. The second kappa shape index (κ2) is 6.67. The van der Waals surface area contributed by atoms with Gasteiger partial charge >= 0.3 is 6.09 Å². The number of aryl methyl sites for hydroxylation is 1. The Bertz CT molecular complexity index is 896. The summed E-state index contributed by atoms with van der Waals surface area (Å²) in [6, 6.07) is 6.60. The number of nitro benzene ring substituents is 1. The first-order chi connectivity index (χ1) is 12.4. The molecule has 0 aliphatic carbocycles. The van der Waals surface area contributed by atoms with Gasteiger partial charge in [-0.2, -0.15) is 0 Å². The Balaban J connectivity index is 1.87. The molecule has 1 aromatic heterocycles. The van der Waals surface area contributed by atoms with Gasteiger partial charge < -0.3 is 14.8 Å². The van der Waals surface area contributed by atoms with Gasteiger partial charge in [-0.3, -0.25) is 14.9 Å². The Morgan fingerprint density at radius 2 is 2.04 bits per heavy atom. The Morgan fingerprint density at radius 1 is 1.35 bits per heavy atom. The van der Waals surface area contributed by atoms with Crippen LogP contribution in [0.2, 0.25) is 0 Å². The van der Waals surface area contributed by atoms with Crippen molar-refractivity contribution in [1.82, 2.24) is 4.98 Å². The lowest BCUT2D eigenvalue weighted by Crippen LogP contribution is -2.44. The zero-order valence-electron chi connectivity index (χ0n) is 13.9. The predicted molar refractivity (Wildman–Crippen MR) is 90.6 cm³/mol. The molecular weight excluding hydrogens is 344 g/mol. The number of pyridine rings is 1. The highest BCUT2D eigenvalue weighted by molar-refractivity contribution is 6.07. The topological polar surface area (TPSA) is 124 Å². The molecule has 3 rings (SSSR count). The molecule has 0 saturated carbocycles. The number of non-ortho nitro benzene ring substituents is 1. The normalized spacial score (nSPS) is 12.8. The maximum atomic E-state index is 12.5. The van der Waals surface area contributed by atoms with Gasteiger partial charge in [0, 0.05) is 18.2 Å². The lowest BCUT2D eigenvalue weighted by atomic mass is 10.2. The number of benzene rings is 1. The predicted octanol–water partition coefficient (Wildman–Crippen LogP) is 2.26. The van der Waals surface area contributed by atoms with Crippen molar-refractivity contribution in [2.75, 3.05) is 23.9 Å². The molecule has 0 spiro atoms. The summed E-state index contributed by atoms with van der Waals surface area (Å²) in [5.41, 5.74) is 0.733. The average molecular weight is 358 g/mol. The Morgan fingerprint density at radius 3 is 2.65 bits per heavy atom. The van der Waals surface area contributed by atoms with Crippen LogP contribution >= 0.6 is 0 Å². The monoisotopic (exact) mass is 358 g/mol. The highest BCUT2D eigenvalue weighted by Gasteiger charge is 2.31. The number of carbonyl (C=O) groups excluding carboxylic acids is 2. The van der Waals surface area contributed by atoms with Crippen LogP contribution in [-0.2, 0) is 4.79 Å². The molecule has 0 saturated heterocycles. The van der Waals surface area contributed by atoms with Crippen LogP contribution in [-0.4, -0.2) is 35.6 Å². The largest absolute Gasteiger partial charge is 0.495 e. The number of nitrogens with one attached hydrogen (secondary N) is 1. The van der Waals surface area contributed by atoms with E-state index in [0.29, 0.717) is 17.1 Å². The van der Waals surface area contributed by atoms with Gasteiger partial charge in [0.1, 0.15) is 18.0 Å². The Kier molecular flexibility index (Phi) is 4.40. The molecule has 1 N–H and O–H groups in total. The lowest BCUT2D eigenvalue weighted by molar-refractivity contribution is -0.384. The van der Waals surface area contributed by atoms with E-state index in [1.54, 1.807) is 13.0 Å². The number of nitro groups is 1. The molecule has 26 heavy (non-hydrogen) atoms. The minimum Gasteiger partial charge on any atom is -0.495 e. The van der Waals surface area contributed by atoms with Crippen molar-refractivity contribution in [3.63, 3.8) is 0 Å². The fourth-order valence-electron chi connectivity index (χ4n) is 2.43. The van der Waals surface area contributed by atoms with Crippen LogP contribution in [0.3, 0.4) is 0 Å². The number of nitrogens with zero attached hydrogens (tertiary/aromatic N) is 3. The summed E-state index contributed by atoms with van der Waals surface area (Å²) in [6.45, 7) is 1.44. The van der Waals surface area contributed by atoms with Crippen LogP contribution < -0.4 is 19.7 Å². The molecule has 2 heterocycles. The van der Waals surface area contributed by atoms with Crippen molar-refractivity contribution in [1.29, 1.82) is 0 Å². The number of hydrogen-bond acceptors (Lipinski definition) is 7. The fraction of sp³-hybridized carbons (Fsp3) is 0.188.